The molecule has 0 saturated carbocycles. The zero-order chi connectivity index (χ0) is 19.9. The number of hydroxylamine groups is 2. The number of carbonyl (C=O) groups excluding carboxylic acids is 2. The number of hydrogen-bond donors (Lipinski definition) is 1. The van der Waals surface area contributed by atoms with E-state index in [1.54, 1.807) is 0 Å². The van der Waals surface area contributed by atoms with Gasteiger partial charge in [-0.1, -0.05) is 30.3 Å². The summed E-state index contributed by atoms with van der Waals surface area (Å²) < 4.78 is 40.6. The highest BCUT2D eigenvalue weighted by Crippen LogP contribution is 2.41. The van der Waals surface area contributed by atoms with Crippen LogP contribution < -0.4 is 0 Å². The molecule has 28 heavy (non-hydrogen) atoms. The highest BCUT2D eigenvalue weighted by Gasteiger charge is 2.47. The molecule has 2 aromatic rings. The number of carbonyl (C=O) groups is 2. The first-order chi connectivity index (χ1) is 13.3. The molecular weight excluding hydrogens is 410 g/mol. The number of benzene rings is 1. The topological polar surface area (TPSA) is 126 Å². The molecule has 0 spiro atoms. The van der Waals surface area contributed by atoms with E-state index in [0.717, 1.165) is 5.56 Å². The lowest BCUT2D eigenvalue weighted by atomic mass is 10.1. The molecule has 148 valence electrons. The molecule has 2 amide bonds. The molecule has 0 radical (unpaired) electrons. The van der Waals surface area contributed by atoms with Crippen molar-refractivity contribution in [2.24, 2.45) is 0 Å². The largest absolute Gasteiger partial charge is 0.460 e. The second-order valence-corrected chi connectivity index (χ2v) is 8.37. The van der Waals surface area contributed by atoms with E-state index in [-0.39, 0.29) is 26.1 Å². The minimum atomic E-state index is -4.84. The standard InChI is InChI=1S/C16H15N3O7S2/c20-14(25-9-10-4-2-1-3-5-10)6-13-17-11-7-18-8-12(15(11)27-13)19(16(18)21)26-28(22,23)24/h1-5,12H,6-9H2,(H,22,23,24). The maximum Gasteiger partial charge on any atom is 0.418 e. The Morgan fingerprint density at radius 1 is 1.32 bits per heavy atom. The van der Waals surface area contributed by atoms with Crippen LogP contribution >= 0.6 is 11.3 Å². The van der Waals surface area contributed by atoms with Gasteiger partial charge >= 0.3 is 22.4 Å². The van der Waals surface area contributed by atoms with Crippen LogP contribution in [0.3, 0.4) is 0 Å². The van der Waals surface area contributed by atoms with E-state index in [1.165, 1.54) is 16.2 Å². The Morgan fingerprint density at radius 3 is 2.79 bits per heavy atom. The van der Waals surface area contributed by atoms with Gasteiger partial charge in [0.25, 0.3) is 0 Å². The van der Waals surface area contributed by atoms with Crippen LogP contribution in [0.5, 0.6) is 0 Å². The summed E-state index contributed by atoms with van der Waals surface area (Å²) in [5.74, 6) is -0.442. The van der Waals surface area contributed by atoms with Gasteiger partial charge in [0.15, 0.2) is 0 Å². The van der Waals surface area contributed by atoms with Crippen LogP contribution in [0.2, 0.25) is 0 Å². The summed E-state index contributed by atoms with van der Waals surface area (Å²) in [6, 6.07) is 7.88. The Hall–Kier alpha value is -2.54. The maximum atomic E-state index is 12.2. The third-order valence-electron chi connectivity index (χ3n) is 4.26. The third-order valence-corrected chi connectivity index (χ3v) is 5.81. The van der Waals surface area contributed by atoms with E-state index >= 15 is 0 Å². The Bertz CT molecular complexity index is 1020. The summed E-state index contributed by atoms with van der Waals surface area (Å²) in [6.07, 6.45) is -0.0374. The first-order valence-corrected chi connectivity index (χ1v) is 10.4. The molecule has 1 atom stereocenters. The van der Waals surface area contributed by atoms with Crippen molar-refractivity contribution in [1.82, 2.24) is 14.9 Å². The Kier molecular flexibility index (Phi) is 4.79. The van der Waals surface area contributed by atoms with Crippen molar-refractivity contribution in [1.29, 1.82) is 0 Å². The van der Waals surface area contributed by atoms with Gasteiger partial charge in [-0.2, -0.15) is 13.5 Å². The Morgan fingerprint density at radius 2 is 2.07 bits per heavy atom. The average Bonchev–Trinajstić information content (AvgIpc) is 3.15. The molecule has 12 heteroatoms. The number of rotatable bonds is 6. The molecule has 3 heterocycles. The van der Waals surface area contributed by atoms with Crippen LogP contribution in [0.25, 0.3) is 0 Å². The predicted molar refractivity (Wildman–Crippen MR) is 95.1 cm³/mol. The van der Waals surface area contributed by atoms with Gasteiger partial charge in [0.1, 0.15) is 17.7 Å². The van der Waals surface area contributed by atoms with E-state index in [1.807, 2.05) is 30.3 Å². The fraction of sp³-hybridized carbons (Fsp3) is 0.312. The van der Waals surface area contributed by atoms with E-state index < -0.39 is 28.4 Å². The van der Waals surface area contributed by atoms with Gasteiger partial charge in [0, 0.05) is 0 Å². The molecule has 2 bridgehead atoms. The van der Waals surface area contributed by atoms with Crippen LogP contribution in [-0.4, -0.2) is 46.5 Å². The minimum Gasteiger partial charge on any atom is -0.460 e. The highest BCUT2D eigenvalue weighted by atomic mass is 32.3. The van der Waals surface area contributed by atoms with Gasteiger partial charge in [-0.05, 0) is 5.56 Å². The number of thiazole rings is 1. The van der Waals surface area contributed by atoms with Gasteiger partial charge in [-0.15, -0.1) is 15.6 Å². The molecule has 1 unspecified atom stereocenters. The van der Waals surface area contributed by atoms with E-state index in [9.17, 15) is 18.0 Å². The summed E-state index contributed by atoms with van der Waals surface area (Å²) in [5, 5.41) is 1.12. The van der Waals surface area contributed by atoms with Crippen LogP contribution in [0, 0.1) is 0 Å². The van der Waals surface area contributed by atoms with Crippen molar-refractivity contribution >= 4 is 33.7 Å². The smallest absolute Gasteiger partial charge is 0.418 e. The monoisotopic (exact) mass is 425 g/mol. The van der Waals surface area contributed by atoms with Crippen LogP contribution in [0.15, 0.2) is 30.3 Å². The fourth-order valence-corrected chi connectivity index (χ4v) is 4.60. The SMILES string of the molecule is O=C(Cc1nc2c(s1)C1CN(C2)C(=O)N1OS(=O)(=O)O)OCc1ccccc1. The van der Waals surface area contributed by atoms with Crippen molar-refractivity contribution in [3.8, 4) is 0 Å². The summed E-state index contributed by atoms with van der Waals surface area (Å²) in [4.78, 5) is 30.6. The van der Waals surface area contributed by atoms with Crippen LogP contribution in [0.1, 0.15) is 27.2 Å². The predicted octanol–water partition coefficient (Wildman–Crippen LogP) is 1.46. The lowest BCUT2D eigenvalue weighted by molar-refractivity contribution is -0.144. The first-order valence-electron chi connectivity index (χ1n) is 8.23. The molecule has 2 aliphatic rings. The molecule has 4 rings (SSSR count). The Labute approximate surface area is 164 Å². The molecule has 10 nitrogen and oxygen atoms in total. The zero-order valence-corrected chi connectivity index (χ0v) is 16.0. The normalized spacial score (nSPS) is 18.3. The summed E-state index contributed by atoms with van der Waals surface area (Å²) in [6.45, 7) is 0.540. The summed E-state index contributed by atoms with van der Waals surface area (Å²) in [7, 11) is -4.84. The summed E-state index contributed by atoms with van der Waals surface area (Å²) >= 11 is 1.19. The highest BCUT2D eigenvalue weighted by molar-refractivity contribution is 7.80. The molecule has 1 saturated heterocycles. The first kappa shape index (κ1) is 18.8. The molecule has 0 aliphatic carbocycles. The number of fused-ring (bicyclic) bond motifs is 4. The number of hydrogen-bond acceptors (Lipinski definition) is 8. The van der Waals surface area contributed by atoms with Gasteiger partial charge < -0.3 is 9.64 Å². The molecule has 2 aliphatic heterocycles. The van der Waals surface area contributed by atoms with Gasteiger partial charge in [0.05, 0.1) is 30.1 Å². The lowest BCUT2D eigenvalue weighted by Crippen LogP contribution is -2.32. The van der Waals surface area contributed by atoms with Crippen LogP contribution in [0.4, 0.5) is 4.79 Å². The quantitative estimate of drug-likeness (QED) is 0.544. The van der Waals surface area contributed by atoms with Crippen molar-refractivity contribution in [2.75, 3.05) is 6.54 Å². The third kappa shape index (κ3) is 3.85. The molecule has 1 aromatic carbocycles. The van der Waals surface area contributed by atoms with Gasteiger partial charge in [-0.3, -0.25) is 9.35 Å². The van der Waals surface area contributed by atoms with Gasteiger partial charge in [-0.25, -0.2) is 9.78 Å². The van der Waals surface area contributed by atoms with E-state index in [4.69, 9.17) is 9.29 Å². The lowest BCUT2D eigenvalue weighted by Gasteiger charge is -2.20. The number of aromatic nitrogens is 1. The van der Waals surface area contributed by atoms with E-state index in [0.29, 0.717) is 20.6 Å². The number of urea groups is 1. The van der Waals surface area contributed by atoms with Crippen molar-refractivity contribution in [3.05, 3.63) is 51.5 Å². The zero-order valence-electron chi connectivity index (χ0n) is 14.3. The fourth-order valence-electron chi connectivity index (χ4n) is 3.10. The second kappa shape index (κ2) is 7.13. The van der Waals surface area contributed by atoms with E-state index in [2.05, 4.69) is 9.27 Å². The number of nitrogens with zero attached hydrogens (tertiary/aromatic N) is 3. The Balaban J connectivity index is 1.45. The molecule has 1 fully saturated rings. The van der Waals surface area contributed by atoms with Crippen molar-refractivity contribution in [3.63, 3.8) is 0 Å². The molecule has 1 aromatic heterocycles. The average molecular weight is 425 g/mol. The number of esters is 1. The molecular formula is C16H15N3O7S2. The van der Waals surface area contributed by atoms with Crippen molar-refractivity contribution < 1.29 is 31.6 Å². The van der Waals surface area contributed by atoms with Gasteiger partial charge in [0.2, 0.25) is 0 Å². The number of ether oxygens (including phenoxy) is 1. The summed E-state index contributed by atoms with van der Waals surface area (Å²) in [5.41, 5.74) is 1.44. The second-order valence-electron chi connectivity index (χ2n) is 6.25. The maximum absolute atomic E-state index is 12.2. The number of amides is 2. The van der Waals surface area contributed by atoms with Crippen LogP contribution in [-0.2, 0) is 43.8 Å². The van der Waals surface area contributed by atoms with Crippen molar-refractivity contribution in [2.45, 2.75) is 25.6 Å². The minimum absolute atomic E-state index is 0.0374. The molecule has 1 N–H and O–H groups in total.